The Morgan fingerprint density at radius 1 is 1.22 bits per heavy atom. The SMILES string of the molecule is CC(C(=O)c1cc(F)ccc1F)c1ccccn1. The van der Waals surface area contributed by atoms with E-state index in [1.54, 1.807) is 31.3 Å². The van der Waals surface area contributed by atoms with Gasteiger partial charge in [-0.15, -0.1) is 0 Å². The average Bonchev–Trinajstić information content (AvgIpc) is 2.41. The summed E-state index contributed by atoms with van der Waals surface area (Å²) in [5.41, 5.74) is 0.291. The highest BCUT2D eigenvalue weighted by molar-refractivity contribution is 6.00. The number of carbonyl (C=O) groups excluding carboxylic acids is 1. The van der Waals surface area contributed by atoms with E-state index in [4.69, 9.17) is 0 Å². The topological polar surface area (TPSA) is 30.0 Å². The highest BCUT2D eigenvalue weighted by Gasteiger charge is 2.21. The molecule has 0 amide bonds. The van der Waals surface area contributed by atoms with Gasteiger partial charge in [0.2, 0.25) is 0 Å². The molecule has 1 atom stereocenters. The molecule has 0 aliphatic carbocycles. The van der Waals surface area contributed by atoms with Crippen molar-refractivity contribution in [2.75, 3.05) is 0 Å². The second-order valence-corrected chi connectivity index (χ2v) is 3.96. The van der Waals surface area contributed by atoms with Crippen LogP contribution in [0.5, 0.6) is 0 Å². The summed E-state index contributed by atoms with van der Waals surface area (Å²) in [5.74, 6) is -2.44. The van der Waals surface area contributed by atoms with Crippen molar-refractivity contribution in [2.24, 2.45) is 0 Å². The van der Waals surface area contributed by atoms with Gasteiger partial charge in [-0.3, -0.25) is 9.78 Å². The van der Waals surface area contributed by atoms with Gasteiger partial charge >= 0.3 is 0 Å². The molecule has 2 nitrogen and oxygen atoms in total. The zero-order valence-corrected chi connectivity index (χ0v) is 9.73. The van der Waals surface area contributed by atoms with Gasteiger partial charge in [0, 0.05) is 6.20 Å². The quantitative estimate of drug-likeness (QED) is 0.778. The van der Waals surface area contributed by atoms with Crippen LogP contribution >= 0.6 is 0 Å². The highest BCUT2D eigenvalue weighted by atomic mass is 19.1. The minimum atomic E-state index is -0.718. The second kappa shape index (κ2) is 5.04. The monoisotopic (exact) mass is 247 g/mol. The van der Waals surface area contributed by atoms with Gasteiger partial charge in [0.25, 0.3) is 0 Å². The van der Waals surface area contributed by atoms with Gasteiger partial charge in [-0.2, -0.15) is 0 Å². The molecule has 0 radical (unpaired) electrons. The number of pyridine rings is 1. The molecule has 0 aliphatic rings. The first kappa shape index (κ1) is 12.4. The smallest absolute Gasteiger partial charge is 0.174 e. The maximum absolute atomic E-state index is 13.5. The third-order valence-corrected chi connectivity index (χ3v) is 2.72. The maximum Gasteiger partial charge on any atom is 0.174 e. The molecule has 1 heterocycles. The van der Waals surface area contributed by atoms with E-state index in [1.165, 1.54) is 0 Å². The van der Waals surface area contributed by atoms with E-state index in [0.717, 1.165) is 18.2 Å². The van der Waals surface area contributed by atoms with Crippen LogP contribution in [0.2, 0.25) is 0 Å². The summed E-state index contributed by atoms with van der Waals surface area (Å²) >= 11 is 0. The van der Waals surface area contributed by atoms with Crippen molar-refractivity contribution in [1.29, 1.82) is 0 Å². The Labute approximate surface area is 103 Å². The highest BCUT2D eigenvalue weighted by Crippen LogP contribution is 2.21. The predicted molar refractivity (Wildman–Crippen MR) is 63.3 cm³/mol. The standard InChI is InChI=1S/C14H11F2NO/c1-9(13-4-2-3-7-17-13)14(18)11-8-10(15)5-6-12(11)16/h2-9H,1H3. The Bertz CT molecular complexity index is 569. The summed E-state index contributed by atoms with van der Waals surface area (Å²) in [6.45, 7) is 1.62. The lowest BCUT2D eigenvalue weighted by Crippen LogP contribution is -2.13. The zero-order valence-electron chi connectivity index (χ0n) is 9.73. The first-order chi connectivity index (χ1) is 8.59. The molecule has 2 aromatic rings. The number of aromatic nitrogens is 1. The molecular weight excluding hydrogens is 236 g/mol. The molecule has 2 rings (SSSR count). The summed E-state index contributed by atoms with van der Waals surface area (Å²) in [7, 11) is 0. The first-order valence-electron chi connectivity index (χ1n) is 5.50. The number of halogens is 2. The van der Waals surface area contributed by atoms with Crippen molar-refractivity contribution in [3.63, 3.8) is 0 Å². The van der Waals surface area contributed by atoms with Crippen LogP contribution in [-0.4, -0.2) is 10.8 Å². The molecule has 0 saturated carbocycles. The third kappa shape index (κ3) is 2.42. The summed E-state index contributed by atoms with van der Waals surface area (Å²) in [5, 5.41) is 0. The van der Waals surface area contributed by atoms with E-state index in [-0.39, 0.29) is 5.56 Å². The van der Waals surface area contributed by atoms with E-state index in [9.17, 15) is 13.6 Å². The Kier molecular flexibility index (Phi) is 3.46. The predicted octanol–water partition coefficient (Wildman–Crippen LogP) is 3.35. The Hall–Kier alpha value is -2.10. The molecule has 1 aromatic carbocycles. The molecule has 92 valence electrons. The number of nitrogens with zero attached hydrogens (tertiary/aromatic N) is 1. The molecule has 0 aliphatic heterocycles. The average molecular weight is 247 g/mol. The lowest BCUT2D eigenvalue weighted by atomic mass is 9.95. The van der Waals surface area contributed by atoms with Gasteiger partial charge in [0.1, 0.15) is 11.6 Å². The van der Waals surface area contributed by atoms with Gasteiger partial charge < -0.3 is 0 Å². The minimum Gasteiger partial charge on any atom is -0.293 e. The zero-order chi connectivity index (χ0) is 13.1. The molecule has 0 saturated heterocycles. The molecule has 0 fully saturated rings. The first-order valence-corrected chi connectivity index (χ1v) is 5.50. The lowest BCUT2D eigenvalue weighted by molar-refractivity contribution is 0.0960. The molecule has 0 bridgehead atoms. The summed E-state index contributed by atoms with van der Waals surface area (Å²) in [6.07, 6.45) is 1.56. The van der Waals surface area contributed by atoms with E-state index in [0.29, 0.717) is 5.69 Å². The number of carbonyl (C=O) groups is 1. The molecule has 1 unspecified atom stereocenters. The summed E-state index contributed by atoms with van der Waals surface area (Å²) in [4.78, 5) is 16.1. The van der Waals surface area contributed by atoms with Crippen LogP contribution in [-0.2, 0) is 0 Å². The van der Waals surface area contributed by atoms with Crippen LogP contribution in [0.25, 0.3) is 0 Å². The Morgan fingerprint density at radius 2 is 2.00 bits per heavy atom. The third-order valence-electron chi connectivity index (χ3n) is 2.72. The fraction of sp³-hybridized carbons (Fsp3) is 0.143. The van der Waals surface area contributed by atoms with Crippen LogP contribution in [0.4, 0.5) is 8.78 Å². The number of ketones is 1. The van der Waals surface area contributed by atoms with Crippen LogP contribution in [0, 0.1) is 11.6 Å². The minimum absolute atomic E-state index is 0.242. The normalized spacial score (nSPS) is 12.2. The molecule has 18 heavy (non-hydrogen) atoms. The van der Waals surface area contributed by atoms with E-state index < -0.39 is 23.3 Å². The van der Waals surface area contributed by atoms with Gasteiger partial charge in [-0.05, 0) is 37.3 Å². The second-order valence-electron chi connectivity index (χ2n) is 3.96. The van der Waals surface area contributed by atoms with E-state index >= 15 is 0 Å². The van der Waals surface area contributed by atoms with E-state index in [1.807, 2.05) is 0 Å². The maximum atomic E-state index is 13.5. The van der Waals surface area contributed by atoms with Gasteiger partial charge in [-0.25, -0.2) is 8.78 Å². The van der Waals surface area contributed by atoms with Gasteiger partial charge in [0.15, 0.2) is 5.78 Å². The number of benzene rings is 1. The summed E-state index contributed by atoms with van der Waals surface area (Å²) < 4.78 is 26.5. The molecule has 0 spiro atoms. The van der Waals surface area contributed by atoms with Crippen molar-refractivity contribution in [1.82, 2.24) is 4.98 Å². The summed E-state index contributed by atoms with van der Waals surface area (Å²) in [6, 6.07) is 8.00. The molecule has 4 heteroatoms. The Balaban J connectivity index is 2.34. The molecule has 0 N–H and O–H groups in total. The fourth-order valence-corrected chi connectivity index (χ4v) is 1.69. The number of hydrogen-bond donors (Lipinski definition) is 0. The number of hydrogen-bond acceptors (Lipinski definition) is 2. The van der Waals surface area contributed by atoms with Crippen molar-refractivity contribution in [3.05, 3.63) is 65.5 Å². The van der Waals surface area contributed by atoms with Crippen molar-refractivity contribution in [3.8, 4) is 0 Å². The fourth-order valence-electron chi connectivity index (χ4n) is 1.69. The van der Waals surface area contributed by atoms with Crippen LogP contribution in [0.1, 0.15) is 28.9 Å². The van der Waals surface area contributed by atoms with Crippen LogP contribution in [0.15, 0.2) is 42.6 Å². The number of rotatable bonds is 3. The van der Waals surface area contributed by atoms with Gasteiger partial charge in [-0.1, -0.05) is 6.07 Å². The van der Waals surface area contributed by atoms with Crippen molar-refractivity contribution < 1.29 is 13.6 Å². The van der Waals surface area contributed by atoms with Gasteiger partial charge in [0.05, 0.1) is 17.2 Å². The van der Waals surface area contributed by atoms with Crippen molar-refractivity contribution in [2.45, 2.75) is 12.8 Å². The molecular formula is C14H11F2NO. The lowest BCUT2D eigenvalue weighted by Gasteiger charge is -2.10. The Morgan fingerprint density at radius 3 is 2.67 bits per heavy atom. The van der Waals surface area contributed by atoms with Crippen LogP contribution in [0.3, 0.4) is 0 Å². The van der Waals surface area contributed by atoms with E-state index in [2.05, 4.69) is 4.98 Å². The van der Waals surface area contributed by atoms with Crippen LogP contribution < -0.4 is 0 Å². The largest absolute Gasteiger partial charge is 0.293 e. The van der Waals surface area contributed by atoms with Crippen molar-refractivity contribution >= 4 is 5.78 Å². The molecule has 1 aromatic heterocycles. The number of Topliss-reactive ketones (excluding diaryl/α,β-unsaturated/α-hetero) is 1.